The largest absolute Gasteiger partial charge is 0.444 e. The Balaban J connectivity index is 1.77. The molecule has 0 spiro atoms. The molecule has 0 saturated carbocycles. The minimum Gasteiger partial charge on any atom is -0.444 e. The minimum atomic E-state index is -0.471. The Morgan fingerprint density at radius 1 is 1.33 bits per heavy atom. The molecule has 130 valence electrons. The Morgan fingerprint density at radius 3 is 2.75 bits per heavy atom. The lowest BCUT2D eigenvalue weighted by Crippen LogP contribution is -2.55. The average Bonchev–Trinajstić information content (AvgIpc) is 2.87. The molecule has 1 aliphatic heterocycles. The van der Waals surface area contributed by atoms with E-state index in [0.29, 0.717) is 13.1 Å². The van der Waals surface area contributed by atoms with Crippen molar-refractivity contribution in [3.63, 3.8) is 0 Å². The van der Waals surface area contributed by atoms with Crippen LogP contribution in [0.1, 0.15) is 33.3 Å². The van der Waals surface area contributed by atoms with Crippen molar-refractivity contribution in [1.82, 2.24) is 19.5 Å². The highest BCUT2D eigenvalue weighted by Crippen LogP contribution is 2.22. The molecule has 0 unspecified atom stereocenters. The lowest BCUT2D eigenvalue weighted by Gasteiger charge is -2.41. The quantitative estimate of drug-likeness (QED) is 0.803. The van der Waals surface area contributed by atoms with Crippen molar-refractivity contribution in [1.29, 1.82) is 0 Å². The number of hydrogen-bond acceptors (Lipinski definition) is 5. The standard InChI is InChI=1S/C17H25N5O2/c1-12-10-19-22-14(6-7-18-15(12)22)21-9-8-20(11-13(21)2)16(23)24-17(3,4)5/h6-7,10,13H,8-9,11H2,1-5H3/t13-/m0/s1. The summed E-state index contributed by atoms with van der Waals surface area (Å²) >= 11 is 0. The van der Waals surface area contributed by atoms with Gasteiger partial charge in [0.05, 0.1) is 6.20 Å². The van der Waals surface area contributed by atoms with Crippen molar-refractivity contribution in [2.75, 3.05) is 24.5 Å². The maximum atomic E-state index is 12.3. The Morgan fingerprint density at radius 2 is 2.08 bits per heavy atom. The number of hydrogen-bond donors (Lipinski definition) is 0. The Bertz CT molecular complexity index is 749. The van der Waals surface area contributed by atoms with Gasteiger partial charge in [-0.15, -0.1) is 0 Å². The Hall–Kier alpha value is -2.31. The molecule has 1 amide bonds. The molecule has 7 heteroatoms. The highest BCUT2D eigenvalue weighted by molar-refractivity contribution is 5.69. The van der Waals surface area contributed by atoms with Gasteiger partial charge in [-0.25, -0.2) is 9.78 Å². The van der Waals surface area contributed by atoms with E-state index in [0.717, 1.165) is 23.6 Å². The molecule has 0 aliphatic carbocycles. The van der Waals surface area contributed by atoms with Gasteiger partial charge in [0.2, 0.25) is 0 Å². The third-order valence-corrected chi connectivity index (χ3v) is 4.13. The number of carbonyl (C=O) groups excluding carboxylic acids is 1. The van der Waals surface area contributed by atoms with Crippen LogP contribution in [0.5, 0.6) is 0 Å². The van der Waals surface area contributed by atoms with Crippen molar-refractivity contribution in [3.05, 3.63) is 24.0 Å². The van der Waals surface area contributed by atoms with E-state index in [1.807, 2.05) is 50.7 Å². The van der Waals surface area contributed by atoms with Crippen LogP contribution < -0.4 is 4.90 Å². The fourth-order valence-corrected chi connectivity index (χ4v) is 3.00. The van der Waals surface area contributed by atoms with E-state index < -0.39 is 5.60 Å². The third-order valence-electron chi connectivity index (χ3n) is 4.13. The summed E-state index contributed by atoms with van der Waals surface area (Å²) in [7, 11) is 0. The maximum absolute atomic E-state index is 12.3. The van der Waals surface area contributed by atoms with Crippen molar-refractivity contribution in [3.8, 4) is 0 Å². The first kappa shape index (κ1) is 16.5. The number of nitrogens with zero attached hydrogens (tertiary/aromatic N) is 5. The molecule has 1 aliphatic rings. The van der Waals surface area contributed by atoms with Gasteiger partial charge in [0.1, 0.15) is 11.4 Å². The van der Waals surface area contributed by atoms with Crippen LogP contribution >= 0.6 is 0 Å². The van der Waals surface area contributed by atoms with Crippen LogP contribution in [0.15, 0.2) is 18.5 Å². The fourth-order valence-electron chi connectivity index (χ4n) is 3.00. The van der Waals surface area contributed by atoms with Gasteiger partial charge in [0.25, 0.3) is 0 Å². The molecule has 3 rings (SSSR count). The monoisotopic (exact) mass is 331 g/mol. The molecule has 1 atom stereocenters. The van der Waals surface area contributed by atoms with Crippen LogP contribution in [0.25, 0.3) is 5.65 Å². The summed E-state index contributed by atoms with van der Waals surface area (Å²) in [6.07, 6.45) is 3.39. The molecule has 3 heterocycles. The smallest absolute Gasteiger partial charge is 0.410 e. The minimum absolute atomic E-state index is 0.168. The van der Waals surface area contributed by atoms with Crippen LogP contribution in [-0.4, -0.2) is 56.9 Å². The predicted molar refractivity (Wildman–Crippen MR) is 92.3 cm³/mol. The zero-order valence-electron chi connectivity index (χ0n) is 15.0. The first-order chi connectivity index (χ1) is 11.3. The van der Waals surface area contributed by atoms with Crippen LogP contribution in [0, 0.1) is 6.92 Å². The highest BCUT2D eigenvalue weighted by atomic mass is 16.6. The normalized spacial score (nSPS) is 19.0. The van der Waals surface area contributed by atoms with Crippen molar-refractivity contribution < 1.29 is 9.53 Å². The van der Waals surface area contributed by atoms with E-state index in [-0.39, 0.29) is 12.1 Å². The van der Waals surface area contributed by atoms with E-state index >= 15 is 0 Å². The predicted octanol–water partition coefficient (Wildman–Crippen LogP) is 2.48. The van der Waals surface area contributed by atoms with Crippen LogP contribution in [0.3, 0.4) is 0 Å². The molecule has 24 heavy (non-hydrogen) atoms. The van der Waals surface area contributed by atoms with Crippen molar-refractivity contribution in [2.45, 2.75) is 46.3 Å². The van der Waals surface area contributed by atoms with E-state index in [4.69, 9.17) is 4.74 Å². The summed E-state index contributed by atoms with van der Waals surface area (Å²) in [5.41, 5.74) is 1.45. The molecule has 0 radical (unpaired) electrons. The molecular weight excluding hydrogens is 306 g/mol. The zero-order valence-corrected chi connectivity index (χ0v) is 15.0. The lowest BCUT2D eigenvalue weighted by molar-refractivity contribution is 0.0218. The van der Waals surface area contributed by atoms with Gasteiger partial charge in [0, 0.05) is 37.4 Å². The van der Waals surface area contributed by atoms with Gasteiger partial charge in [-0.05, 0) is 40.7 Å². The van der Waals surface area contributed by atoms with E-state index in [1.165, 1.54) is 0 Å². The highest BCUT2D eigenvalue weighted by Gasteiger charge is 2.31. The number of fused-ring (bicyclic) bond motifs is 1. The first-order valence-corrected chi connectivity index (χ1v) is 8.30. The summed E-state index contributed by atoms with van der Waals surface area (Å²) in [6, 6.07) is 2.14. The van der Waals surface area contributed by atoms with Gasteiger partial charge < -0.3 is 14.5 Å². The molecular formula is C17H25N5O2. The summed E-state index contributed by atoms with van der Waals surface area (Å²) in [4.78, 5) is 20.7. The second kappa shape index (κ2) is 5.96. The maximum Gasteiger partial charge on any atom is 0.410 e. The van der Waals surface area contributed by atoms with Gasteiger partial charge in [-0.1, -0.05) is 0 Å². The molecule has 1 saturated heterocycles. The van der Waals surface area contributed by atoms with E-state index in [1.54, 1.807) is 4.90 Å². The van der Waals surface area contributed by atoms with Gasteiger partial charge in [-0.3, -0.25) is 0 Å². The molecule has 0 aromatic carbocycles. The third kappa shape index (κ3) is 3.16. The summed E-state index contributed by atoms with van der Waals surface area (Å²) in [5, 5.41) is 4.44. The summed E-state index contributed by atoms with van der Waals surface area (Å²) < 4.78 is 7.35. The number of ether oxygens (including phenoxy) is 1. The molecule has 2 aromatic rings. The summed E-state index contributed by atoms with van der Waals surface area (Å²) in [6.45, 7) is 11.8. The van der Waals surface area contributed by atoms with Crippen LogP contribution in [-0.2, 0) is 4.74 Å². The number of aromatic nitrogens is 3. The second-order valence-corrected chi connectivity index (χ2v) is 7.33. The van der Waals surface area contributed by atoms with E-state index in [9.17, 15) is 4.79 Å². The Kier molecular flexibility index (Phi) is 4.11. The molecule has 0 N–H and O–H groups in total. The second-order valence-electron chi connectivity index (χ2n) is 7.33. The number of carbonyl (C=O) groups is 1. The summed E-state index contributed by atoms with van der Waals surface area (Å²) in [5.74, 6) is 1.00. The van der Waals surface area contributed by atoms with Crippen molar-refractivity contribution in [2.24, 2.45) is 0 Å². The molecule has 0 bridgehead atoms. The number of piperazine rings is 1. The van der Waals surface area contributed by atoms with Crippen LogP contribution in [0.2, 0.25) is 0 Å². The fraction of sp³-hybridized carbons (Fsp3) is 0.588. The van der Waals surface area contributed by atoms with Crippen LogP contribution in [0.4, 0.5) is 10.6 Å². The molecule has 7 nitrogen and oxygen atoms in total. The average molecular weight is 331 g/mol. The van der Waals surface area contributed by atoms with Gasteiger partial charge in [0.15, 0.2) is 5.65 Å². The van der Waals surface area contributed by atoms with Crippen molar-refractivity contribution >= 4 is 17.6 Å². The topological polar surface area (TPSA) is 63.0 Å². The number of amides is 1. The van der Waals surface area contributed by atoms with E-state index in [2.05, 4.69) is 21.9 Å². The molecule has 2 aromatic heterocycles. The number of rotatable bonds is 1. The van der Waals surface area contributed by atoms with Gasteiger partial charge in [-0.2, -0.15) is 9.61 Å². The number of anilines is 1. The van der Waals surface area contributed by atoms with Gasteiger partial charge >= 0.3 is 6.09 Å². The lowest BCUT2D eigenvalue weighted by atomic mass is 10.2. The first-order valence-electron chi connectivity index (χ1n) is 8.30. The molecule has 1 fully saturated rings. The zero-order chi connectivity index (χ0) is 17.5. The SMILES string of the molecule is Cc1cnn2c(N3CCN(C(=O)OC(C)(C)C)C[C@@H]3C)ccnc12. The Labute approximate surface area is 142 Å². The number of aryl methyl sites for hydroxylation is 1.